The van der Waals surface area contributed by atoms with E-state index in [2.05, 4.69) is 71.8 Å². The maximum Gasteiger partial charge on any atom is 0.191 e. The molecular weight excluding hydrogens is 298 g/mol. The Morgan fingerprint density at radius 1 is 1.25 bits per heavy atom. The molecule has 1 heterocycles. The van der Waals surface area contributed by atoms with Gasteiger partial charge in [-0.3, -0.25) is 9.67 Å². The van der Waals surface area contributed by atoms with Crippen molar-refractivity contribution in [2.75, 3.05) is 13.1 Å². The van der Waals surface area contributed by atoms with E-state index in [0.29, 0.717) is 12.5 Å². The summed E-state index contributed by atoms with van der Waals surface area (Å²) in [6.07, 6.45) is 3.91. The highest BCUT2D eigenvalue weighted by Crippen LogP contribution is 2.18. The first-order chi connectivity index (χ1) is 11.6. The molecule has 0 saturated heterocycles. The molecule has 2 atom stereocenters. The fourth-order valence-electron chi connectivity index (χ4n) is 2.56. The van der Waals surface area contributed by atoms with Gasteiger partial charge in [-0.1, -0.05) is 37.3 Å². The zero-order chi connectivity index (χ0) is 17.4. The molecule has 0 amide bonds. The van der Waals surface area contributed by atoms with E-state index in [4.69, 9.17) is 0 Å². The minimum atomic E-state index is 0.289. The summed E-state index contributed by atoms with van der Waals surface area (Å²) in [7, 11) is 0. The Balaban J connectivity index is 1.92. The molecular formula is C19H29N5. The monoisotopic (exact) mass is 327 g/mol. The van der Waals surface area contributed by atoms with E-state index in [-0.39, 0.29) is 6.04 Å². The van der Waals surface area contributed by atoms with Gasteiger partial charge in [-0.05, 0) is 31.9 Å². The van der Waals surface area contributed by atoms with Crippen molar-refractivity contribution < 1.29 is 0 Å². The van der Waals surface area contributed by atoms with E-state index in [9.17, 15) is 0 Å². The lowest BCUT2D eigenvalue weighted by Gasteiger charge is -2.24. The molecule has 1 aromatic heterocycles. The average Bonchev–Trinajstić information content (AvgIpc) is 3.00. The second kappa shape index (κ2) is 9.11. The van der Waals surface area contributed by atoms with Gasteiger partial charge >= 0.3 is 0 Å². The van der Waals surface area contributed by atoms with Gasteiger partial charge in [0, 0.05) is 24.7 Å². The number of aliphatic imine (C=N–C) groups is 1. The second-order valence-electron chi connectivity index (χ2n) is 6.17. The SMILES string of the molecule is CCNC(=NCCn1cc(C)cn1)NC(C)C(C)c1ccccc1. The first-order valence-corrected chi connectivity index (χ1v) is 8.69. The van der Waals surface area contributed by atoms with Gasteiger partial charge in [-0.2, -0.15) is 5.10 Å². The highest BCUT2D eigenvalue weighted by Gasteiger charge is 2.15. The first-order valence-electron chi connectivity index (χ1n) is 8.69. The largest absolute Gasteiger partial charge is 0.357 e. The summed E-state index contributed by atoms with van der Waals surface area (Å²) in [5, 5.41) is 11.1. The maximum absolute atomic E-state index is 4.67. The summed E-state index contributed by atoms with van der Waals surface area (Å²) in [6, 6.07) is 10.9. The van der Waals surface area contributed by atoms with E-state index in [1.807, 2.05) is 24.0 Å². The number of aryl methyl sites for hydroxylation is 1. The summed E-state index contributed by atoms with van der Waals surface area (Å²) in [5.74, 6) is 1.26. The average molecular weight is 327 g/mol. The number of hydrogen-bond donors (Lipinski definition) is 2. The van der Waals surface area contributed by atoms with Gasteiger partial charge in [-0.15, -0.1) is 0 Å². The van der Waals surface area contributed by atoms with Crippen molar-refractivity contribution in [3.05, 3.63) is 53.9 Å². The van der Waals surface area contributed by atoms with Crippen LogP contribution in [0.2, 0.25) is 0 Å². The lowest BCUT2D eigenvalue weighted by atomic mass is 9.94. The highest BCUT2D eigenvalue weighted by molar-refractivity contribution is 5.80. The number of rotatable bonds is 7. The lowest BCUT2D eigenvalue weighted by molar-refractivity contribution is 0.548. The van der Waals surface area contributed by atoms with Gasteiger partial charge in [0.25, 0.3) is 0 Å². The summed E-state index contributed by atoms with van der Waals surface area (Å²) in [4.78, 5) is 4.67. The Morgan fingerprint density at radius 3 is 2.62 bits per heavy atom. The van der Waals surface area contributed by atoms with Gasteiger partial charge in [0.05, 0.1) is 19.3 Å². The fraction of sp³-hybridized carbons (Fsp3) is 0.474. The Labute approximate surface area is 145 Å². The maximum atomic E-state index is 4.67. The zero-order valence-electron chi connectivity index (χ0n) is 15.2. The third-order valence-electron chi connectivity index (χ3n) is 4.15. The van der Waals surface area contributed by atoms with Crippen LogP contribution in [0.3, 0.4) is 0 Å². The van der Waals surface area contributed by atoms with Crippen molar-refractivity contribution in [1.29, 1.82) is 0 Å². The lowest BCUT2D eigenvalue weighted by Crippen LogP contribution is -2.44. The van der Waals surface area contributed by atoms with Crippen LogP contribution < -0.4 is 10.6 Å². The molecule has 0 bridgehead atoms. The molecule has 2 aromatic rings. The van der Waals surface area contributed by atoms with Crippen LogP contribution in [0, 0.1) is 6.92 Å². The Hall–Kier alpha value is -2.30. The van der Waals surface area contributed by atoms with Crippen molar-refractivity contribution >= 4 is 5.96 Å². The van der Waals surface area contributed by atoms with Crippen molar-refractivity contribution in [3.8, 4) is 0 Å². The second-order valence-corrected chi connectivity index (χ2v) is 6.17. The molecule has 0 saturated carbocycles. The molecule has 24 heavy (non-hydrogen) atoms. The van der Waals surface area contributed by atoms with E-state index in [1.54, 1.807) is 0 Å². The first kappa shape index (κ1) is 18.0. The van der Waals surface area contributed by atoms with Crippen LogP contribution >= 0.6 is 0 Å². The van der Waals surface area contributed by atoms with E-state index < -0.39 is 0 Å². The number of nitrogens with zero attached hydrogens (tertiary/aromatic N) is 3. The molecule has 2 unspecified atom stereocenters. The number of aromatic nitrogens is 2. The van der Waals surface area contributed by atoms with Crippen molar-refractivity contribution in [1.82, 2.24) is 20.4 Å². The summed E-state index contributed by atoms with van der Waals surface area (Å²) < 4.78 is 1.93. The molecule has 2 N–H and O–H groups in total. The zero-order valence-corrected chi connectivity index (χ0v) is 15.2. The van der Waals surface area contributed by atoms with Crippen LogP contribution in [0.4, 0.5) is 0 Å². The van der Waals surface area contributed by atoms with Crippen LogP contribution in [0.5, 0.6) is 0 Å². The molecule has 5 nitrogen and oxygen atoms in total. The van der Waals surface area contributed by atoms with Crippen molar-refractivity contribution in [2.24, 2.45) is 4.99 Å². The summed E-state index contributed by atoms with van der Waals surface area (Å²) in [6.45, 7) is 10.9. The standard InChI is InChI=1S/C19H29N5/c1-5-20-19(21-11-12-24-14-15(2)13-22-24)23-17(4)16(3)18-9-7-6-8-10-18/h6-10,13-14,16-17H,5,11-12H2,1-4H3,(H2,20,21,23). The van der Waals surface area contributed by atoms with E-state index >= 15 is 0 Å². The van der Waals surface area contributed by atoms with Gasteiger partial charge in [0.15, 0.2) is 5.96 Å². The van der Waals surface area contributed by atoms with Crippen LogP contribution in [0.15, 0.2) is 47.7 Å². The molecule has 0 aliphatic rings. The van der Waals surface area contributed by atoms with Crippen LogP contribution in [0.1, 0.15) is 37.8 Å². The van der Waals surface area contributed by atoms with Crippen LogP contribution in [-0.4, -0.2) is 34.9 Å². The molecule has 0 aliphatic carbocycles. The minimum Gasteiger partial charge on any atom is -0.357 e. The molecule has 0 aliphatic heterocycles. The fourth-order valence-corrected chi connectivity index (χ4v) is 2.56. The van der Waals surface area contributed by atoms with Crippen LogP contribution in [-0.2, 0) is 6.54 Å². The van der Waals surface area contributed by atoms with E-state index in [0.717, 1.165) is 19.0 Å². The summed E-state index contributed by atoms with van der Waals surface area (Å²) >= 11 is 0. The third-order valence-corrected chi connectivity index (χ3v) is 4.15. The smallest absolute Gasteiger partial charge is 0.191 e. The Bertz CT molecular complexity index is 632. The Morgan fingerprint density at radius 2 is 2.00 bits per heavy atom. The Kier molecular flexibility index (Phi) is 6.85. The molecule has 1 aromatic carbocycles. The quantitative estimate of drug-likeness (QED) is 0.607. The molecule has 5 heteroatoms. The normalized spacial score (nSPS) is 14.2. The van der Waals surface area contributed by atoms with Crippen molar-refractivity contribution in [3.63, 3.8) is 0 Å². The van der Waals surface area contributed by atoms with Gasteiger partial charge in [-0.25, -0.2) is 0 Å². The van der Waals surface area contributed by atoms with Gasteiger partial charge in [0.2, 0.25) is 0 Å². The predicted molar refractivity (Wildman–Crippen MR) is 100 cm³/mol. The number of benzene rings is 1. The molecule has 0 fully saturated rings. The van der Waals surface area contributed by atoms with E-state index in [1.165, 1.54) is 11.1 Å². The van der Waals surface area contributed by atoms with Crippen LogP contribution in [0.25, 0.3) is 0 Å². The van der Waals surface area contributed by atoms with Crippen molar-refractivity contribution in [2.45, 2.75) is 46.2 Å². The molecule has 0 radical (unpaired) electrons. The predicted octanol–water partition coefficient (Wildman–Crippen LogP) is 2.94. The summed E-state index contributed by atoms with van der Waals surface area (Å²) in [5.41, 5.74) is 2.51. The number of guanidine groups is 1. The minimum absolute atomic E-state index is 0.289. The molecule has 130 valence electrons. The number of hydrogen-bond acceptors (Lipinski definition) is 2. The molecule has 0 spiro atoms. The molecule has 2 rings (SSSR count). The highest BCUT2D eigenvalue weighted by atomic mass is 15.3. The topological polar surface area (TPSA) is 54.2 Å². The van der Waals surface area contributed by atoms with Gasteiger partial charge < -0.3 is 10.6 Å². The third kappa shape index (κ3) is 5.41. The van der Waals surface area contributed by atoms with Gasteiger partial charge in [0.1, 0.15) is 0 Å². The number of nitrogens with one attached hydrogen (secondary N) is 2.